The third kappa shape index (κ3) is 8.87. The summed E-state index contributed by atoms with van der Waals surface area (Å²) >= 11 is 0. The summed E-state index contributed by atoms with van der Waals surface area (Å²) in [6.45, 7) is 15.0. The number of hydrogen-bond acceptors (Lipinski definition) is 6. The number of amides is 3. The van der Waals surface area contributed by atoms with Crippen molar-refractivity contribution in [3.05, 3.63) is 90.0 Å². The molecule has 0 aliphatic rings. The Hall–Kier alpha value is -4.02. The highest BCUT2D eigenvalue weighted by molar-refractivity contribution is 7.90. The van der Waals surface area contributed by atoms with Crippen molar-refractivity contribution < 1.29 is 22.8 Å². The maximum Gasteiger partial charge on any atom is 0.264 e. The Morgan fingerprint density at radius 3 is 1.96 bits per heavy atom. The predicted octanol–water partition coefficient (Wildman–Crippen LogP) is 5.17. The van der Waals surface area contributed by atoms with Crippen LogP contribution < -0.4 is 15.4 Å². The summed E-state index contributed by atoms with van der Waals surface area (Å²) in [6.07, 6.45) is 1.60. The fourth-order valence-electron chi connectivity index (χ4n) is 5.76. The van der Waals surface area contributed by atoms with E-state index in [0.717, 1.165) is 16.3 Å². The molecular formula is C37H50N4O5S. The second-order valence-corrected chi connectivity index (χ2v) is 15.8. The number of likely N-dealkylation sites (N-methyl/N-ethyl adjacent to an activating group) is 2. The number of hydrogen-bond donors (Lipinski definition) is 3. The first-order valence-electron chi connectivity index (χ1n) is 15.9. The van der Waals surface area contributed by atoms with Crippen molar-refractivity contribution in [2.75, 3.05) is 14.1 Å². The summed E-state index contributed by atoms with van der Waals surface area (Å²) in [4.78, 5) is 42.6. The normalized spacial score (nSPS) is 14.7. The number of nitrogens with one attached hydrogen (secondary N) is 3. The number of benzene rings is 3. The zero-order chi connectivity index (χ0) is 35.3. The lowest BCUT2D eigenvalue weighted by atomic mass is 9.76. The number of carbonyl (C=O) groups is 3. The van der Waals surface area contributed by atoms with E-state index in [4.69, 9.17) is 0 Å². The van der Waals surface area contributed by atoms with E-state index < -0.39 is 44.9 Å². The summed E-state index contributed by atoms with van der Waals surface area (Å²) in [7, 11) is -0.794. The standard InChI is InChI=1S/C37H50N4O5S/c1-24(2)30(22-25(3)33(42)40-47(45,46)29-21-20-26-16-14-15-17-27(26)23-29)41(10)35(44)32(36(4,5)6)39-34(43)31(38-9)37(7,8)28-18-12-11-13-19-28/h11-24,30-32,38H,1-10H3,(H,39,43)(H,40,42)/t30-,31-,32-/m1/s1. The van der Waals surface area contributed by atoms with Gasteiger partial charge in [0.2, 0.25) is 11.8 Å². The highest BCUT2D eigenvalue weighted by atomic mass is 32.2. The van der Waals surface area contributed by atoms with Crippen LogP contribution in [0.3, 0.4) is 0 Å². The van der Waals surface area contributed by atoms with Gasteiger partial charge in [-0.25, -0.2) is 13.1 Å². The van der Waals surface area contributed by atoms with Gasteiger partial charge in [-0.2, -0.15) is 0 Å². The Labute approximate surface area is 280 Å². The van der Waals surface area contributed by atoms with E-state index in [1.165, 1.54) is 24.0 Å². The first kappa shape index (κ1) is 37.4. The maximum atomic E-state index is 14.1. The molecule has 0 unspecified atom stereocenters. The Morgan fingerprint density at radius 1 is 0.830 bits per heavy atom. The van der Waals surface area contributed by atoms with Crippen LogP contribution in [0.15, 0.2) is 89.3 Å². The third-order valence-corrected chi connectivity index (χ3v) is 10.0. The number of rotatable bonds is 12. The maximum absolute atomic E-state index is 14.1. The molecule has 47 heavy (non-hydrogen) atoms. The van der Waals surface area contributed by atoms with Crippen LogP contribution in [0, 0.1) is 11.3 Å². The van der Waals surface area contributed by atoms with Gasteiger partial charge in [-0.3, -0.25) is 14.4 Å². The van der Waals surface area contributed by atoms with E-state index in [1.807, 2.05) is 97.0 Å². The minimum atomic E-state index is -4.15. The highest BCUT2D eigenvalue weighted by Gasteiger charge is 2.41. The highest BCUT2D eigenvalue weighted by Crippen LogP contribution is 2.29. The van der Waals surface area contributed by atoms with Gasteiger partial charge >= 0.3 is 0 Å². The summed E-state index contributed by atoms with van der Waals surface area (Å²) in [6, 6.07) is 19.7. The molecule has 0 aliphatic carbocycles. The number of sulfonamides is 1. The van der Waals surface area contributed by atoms with Crippen molar-refractivity contribution >= 4 is 38.5 Å². The van der Waals surface area contributed by atoms with Crippen LogP contribution >= 0.6 is 0 Å². The largest absolute Gasteiger partial charge is 0.342 e. The molecule has 0 bridgehead atoms. The Morgan fingerprint density at radius 2 is 1.40 bits per heavy atom. The second-order valence-electron chi connectivity index (χ2n) is 14.1. The topological polar surface area (TPSA) is 125 Å². The van der Waals surface area contributed by atoms with E-state index in [2.05, 4.69) is 15.4 Å². The van der Waals surface area contributed by atoms with Crippen molar-refractivity contribution in [1.82, 2.24) is 20.3 Å². The summed E-state index contributed by atoms with van der Waals surface area (Å²) in [5, 5.41) is 7.79. The lowest BCUT2D eigenvalue weighted by Crippen LogP contribution is -2.61. The molecule has 0 aliphatic heterocycles. The molecule has 3 rings (SSSR count). The zero-order valence-corrected chi connectivity index (χ0v) is 30.0. The monoisotopic (exact) mass is 662 g/mol. The molecule has 0 fully saturated rings. The van der Waals surface area contributed by atoms with E-state index in [0.29, 0.717) is 0 Å². The quantitative estimate of drug-likeness (QED) is 0.230. The first-order valence-corrected chi connectivity index (χ1v) is 17.3. The minimum Gasteiger partial charge on any atom is -0.342 e. The van der Waals surface area contributed by atoms with Gasteiger partial charge in [-0.15, -0.1) is 0 Å². The summed E-state index contributed by atoms with van der Waals surface area (Å²) in [5.74, 6) is -1.56. The van der Waals surface area contributed by atoms with Crippen molar-refractivity contribution in [3.63, 3.8) is 0 Å². The molecule has 0 spiro atoms. The van der Waals surface area contributed by atoms with Crippen molar-refractivity contribution in [3.8, 4) is 0 Å². The first-order chi connectivity index (χ1) is 21.8. The number of carbonyl (C=O) groups excluding carboxylic acids is 3. The molecule has 3 aromatic rings. The molecule has 9 nitrogen and oxygen atoms in total. The van der Waals surface area contributed by atoms with Gasteiger partial charge in [-0.1, -0.05) is 115 Å². The summed E-state index contributed by atoms with van der Waals surface area (Å²) < 4.78 is 28.4. The van der Waals surface area contributed by atoms with Crippen LogP contribution in [0.1, 0.15) is 61.0 Å². The predicted molar refractivity (Wildman–Crippen MR) is 188 cm³/mol. The average Bonchev–Trinajstić information content (AvgIpc) is 3.01. The number of nitrogens with zero attached hydrogens (tertiary/aromatic N) is 1. The Balaban J connectivity index is 1.84. The van der Waals surface area contributed by atoms with Crippen LogP contribution in [-0.4, -0.2) is 63.3 Å². The van der Waals surface area contributed by atoms with Gasteiger partial charge in [0.05, 0.1) is 17.0 Å². The number of fused-ring (bicyclic) bond motifs is 1. The molecule has 0 radical (unpaired) electrons. The second kappa shape index (κ2) is 14.8. The molecule has 0 aromatic heterocycles. The van der Waals surface area contributed by atoms with Gasteiger partial charge in [-0.05, 0) is 53.8 Å². The lowest BCUT2D eigenvalue weighted by Gasteiger charge is -2.40. The zero-order valence-electron chi connectivity index (χ0n) is 29.2. The van der Waals surface area contributed by atoms with E-state index in [1.54, 1.807) is 32.3 Å². The van der Waals surface area contributed by atoms with Crippen LogP contribution in [0.4, 0.5) is 0 Å². The fourth-order valence-corrected chi connectivity index (χ4v) is 6.81. The molecule has 0 saturated heterocycles. The van der Waals surface area contributed by atoms with Crippen LogP contribution in [0.2, 0.25) is 0 Å². The smallest absolute Gasteiger partial charge is 0.264 e. The fraction of sp³-hybridized carbons (Fsp3) is 0.432. The molecule has 0 heterocycles. The van der Waals surface area contributed by atoms with Gasteiger partial charge in [0, 0.05) is 18.0 Å². The van der Waals surface area contributed by atoms with E-state index in [-0.39, 0.29) is 28.2 Å². The summed E-state index contributed by atoms with van der Waals surface area (Å²) in [5.41, 5.74) is -0.115. The average molecular weight is 663 g/mol. The molecule has 3 aromatic carbocycles. The van der Waals surface area contributed by atoms with Gasteiger partial charge in [0.25, 0.3) is 15.9 Å². The SMILES string of the molecule is CN[C@H](C(=O)N[C@H](C(=O)N(C)[C@H](C=C(C)C(=O)NS(=O)(=O)c1ccc2ccccc2c1)C(C)C)C(C)(C)C)C(C)(C)c1ccccc1. The lowest BCUT2D eigenvalue weighted by molar-refractivity contribution is -0.140. The molecule has 3 amide bonds. The molecular weight excluding hydrogens is 612 g/mol. The Bertz CT molecular complexity index is 1730. The van der Waals surface area contributed by atoms with Crippen molar-refractivity contribution in [2.45, 2.75) is 83.8 Å². The molecule has 254 valence electrons. The Kier molecular flexibility index (Phi) is 11.8. The van der Waals surface area contributed by atoms with Crippen LogP contribution in [0.5, 0.6) is 0 Å². The minimum absolute atomic E-state index is 0.0240. The molecule has 3 atom stereocenters. The molecule has 3 N–H and O–H groups in total. The van der Waals surface area contributed by atoms with Gasteiger partial charge in [0.15, 0.2) is 0 Å². The van der Waals surface area contributed by atoms with E-state index >= 15 is 0 Å². The van der Waals surface area contributed by atoms with Crippen LogP contribution in [-0.2, 0) is 29.8 Å². The molecule has 0 saturated carbocycles. The third-order valence-electron chi connectivity index (χ3n) is 8.71. The van der Waals surface area contributed by atoms with Crippen molar-refractivity contribution in [1.29, 1.82) is 0 Å². The van der Waals surface area contributed by atoms with Crippen LogP contribution in [0.25, 0.3) is 10.8 Å². The van der Waals surface area contributed by atoms with Gasteiger partial charge in [0.1, 0.15) is 6.04 Å². The molecule has 10 heteroatoms. The van der Waals surface area contributed by atoms with Crippen molar-refractivity contribution in [2.24, 2.45) is 11.3 Å². The van der Waals surface area contributed by atoms with E-state index in [9.17, 15) is 22.8 Å². The van der Waals surface area contributed by atoms with Gasteiger partial charge < -0.3 is 15.5 Å².